The second-order valence-corrected chi connectivity index (χ2v) is 4.70. The maximum absolute atomic E-state index is 5.99. The lowest BCUT2D eigenvalue weighted by Crippen LogP contribution is -2.60. The minimum Gasteiger partial charge on any atom is -0.376 e. The minimum absolute atomic E-state index is 0.124. The van der Waals surface area contributed by atoms with Gasteiger partial charge in [-0.2, -0.15) is 4.98 Å². The number of anilines is 2. The molecule has 1 aromatic heterocycles. The third-order valence-corrected chi connectivity index (χ3v) is 3.10. The van der Waals surface area contributed by atoms with Crippen molar-refractivity contribution in [2.24, 2.45) is 5.73 Å². The van der Waals surface area contributed by atoms with Gasteiger partial charge in [0.15, 0.2) is 0 Å². The van der Waals surface area contributed by atoms with Crippen LogP contribution in [0, 0.1) is 0 Å². The Balaban J connectivity index is 2.02. The summed E-state index contributed by atoms with van der Waals surface area (Å²) in [5.74, 6) is 1.47. The van der Waals surface area contributed by atoms with E-state index in [-0.39, 0.29) is 18.2 Å². The molecule has 0 amide bonds. The summed E-state index contributed by atoms with van der Waals surface area (Å²) < 4.78 is 5.61. The maximum Gasteiger partial charge on any atom is 0.226 e. The summed E-state index contributed by atoms with van der Waals surface area (Å²) in [5, 5.41) is 3.33. The maximum atomic E-state index is 5.99. The molecule has 6 heteroatoms. The first-order valence-corrected chi connectivity index (χ1v) is 6.26. The van der Waals surface area contributed by atoms with Gasteiger partial charge in [0.1, 0.15) is 5.82 Å². The summed E-state index contributed by atoms with van der Waals surface area (Å²) >= 11 is 0. The predicted octanol–water partition coefficient (Wildman–Crippen LogP) is 0.459. The van der Waals surface area contributed by atoms with Crippen LogP contribution in [0.5, 0.6) is 0 Å². The lowest BCUT2D eigenvalue weighted by atomic mass is 9.83. The average Bonchev–Trinajstić information content (AvgIpc) is 2.36. The Kier molecular flexibility index (Phi) is 3.98. The molecular weight excluding hydrogens is 230 g/mol. The Morgan fingerprint density at radius 2 is 2.33 bits per heavy atom. The molecule has 3 atom stereocenters. The summed E-state index contributed by atoms with van der Waals surface area (Å²) in [6, 6.07) is 2.11. The third-order valence-electron chi connectivity index (χ3n) is 3.10. The molecule has 1 aliphatic rings. The van der Waals surface area contributed by atoms with Gasteiger partial charge in [-0.05, 0) is 19.4 Å². The first-order chi connectivity index (χ1) is 8.61. The van der Waals surface area contributed by atoms with E-state index >= 15 is 0 Å². The van der Waals surface area contributed by atoms with Gasteiger partial charge >= 0.3 is 0 Å². The van der Waals surface area contributed by atoms with Gasteiger partial charge in [-0.3, -0.25) is 0 Å². The highest BCUT2D eigenvalue weighted by molar-refractivity contribution is 5.42. The Bertz CT molecular complexity index is 396. The standard InChI is InChI=1S/C12H21N5O/c1-4-18-9-7-8(13)11(9)15-10-5-6-14-12(16-10)17(2)3/h5-6,8-9,11H,4,7,13H2,1-3H3,(H,14,15,16). The number of hydrogen-bond donors (Lipinski definition) is 2. The van der Waals surface area contributed by atoms with E-state index in [4.69, 9.17) is 10.5 Å². The molecular formula is C12H21N5O. The smallest absolute Gasteiger partial charge is 0.226 e. The van der Waals surface area contributed by atoms with E-state index in [0.29, 0.717) is 12.6 Å². The fourth-order valence-electron chi connectivity index (χ4n) is 2.04. The van der Waals surface area contributed by atoms with Crippen molar-refractivity contribution < 1.29 is 4.74 Å². The van der Waals surface area contributed by atoms with Crippen molar-refractivity contribution in [2.75, 3.05) is 30.9 Å². The second kappa shape index (κ2) is 5.49. The van der Waals surface area contributed by atoms with Gasteiger partial charge in [0.05, 0.1) is 12.1 Å². The van der Waals surface area contributed by atoms with Crippen LogP contribution in [0.25, 0.3) is 0 Å². The molecule has 3 unspecified atom stereocenters. The number of aromatic nitrogens is 2. The molecule has 0 bridgehead atoms. The molecule has 18 heavy (non-hydrogen) atoms. The van der Waals surface area contributed by atoms with E-state index in [0.717, 1.165) is 12.2 Å². The summed E-state index contributed by atoms with van der Waals surface area (Å²) in [7, 11) is 3.83. The highest BCUT2D eigenvalue weighted by Gasteiger charge is 2.39. The zero-order valence-corrected chi connectivity index (χ0v) is 11.1. The van der Waals surface area contributed by atoms with E-state index in [1.54, 1.807) is 6.20 Å². The van der Waals surface area contributed by atoms with Gasteiger partial charge in [0.25, 0.3) is 0 Å². The lowest BCUT2D eigenvalue weighted by molar-refractivity contribution is -0.0127. The number of nitrogens with one attached hydrogen (secondary N) is 1. The van der Waals surface area contributed by atoms with E-state index in [1.807, 2.05) is 32.0 Å². The van der Waals surface area contributed by atoms with Crippen LogP contribution in [0.2, 0.25) is 0 Å². The summed E-state index contributed by atoms with van der Waals surface area (Å²) in [5.41, 5.74) is 5.99. The summed E-state index contributed by atoms with van der Waals surface area (Å²) in [6.45, 7) is 2.71. The van der Waals surface area contributed by atoms with Gasteiger partial charge in [-0.15, -0.1) is 0 Å². The Hall–Kier alpha value is -1.40. The van der Waals surface area contributed by atoms with Gasteiger partial charge < -0.3 is 20.7 Å². The largest absolute Gasteiger partial charge is 0.376 e. The summed E-state index contributed by atoms with van der Waals surface area (Å²) in [6.07, 6.45) is 2.82. The molecule has 2 rings (SSSR count). The quantitative estimate of drug-likeness (QED) is 0.791. The molecule has 3 N–H and O–H groups in total. The molecule has 0 saturated heterocycles. The average molecular weight is 251 g/mol. The molecule has 0 aliphatic heterocycles. The number of rotatable bonds is 5. The highest BCUT2D eigenvalue weighted by atomic mass is 16.5. The molecule has 0 radical (unpaired) electrons. The molecule has 0 aromatic carbocycles. The van der Waals surface area contributed by atoms with Crippen LogP contribution in [-0.4, -0.2) is 48.9 Å². The topological polar surface area (TPSA) is 76.3 Å². The van der Waals surface area contributed by atoms with Crippen molar-refractivity contribution >= 4 is 11.8 Å². The highest BCUT2D eigenvalue weighted by Crippen LogP contribution is 2.25. The lowest BCUT2D eigenvalue weighted by Gasteiger charge is -2.42. The van der Waals surface area contributed by atoms with Crippen LogP contribution < -0.4 is 16.0 Å². The van der Waals surface area contributed by atoms with E-state index in [9.17, 15) is 0 Å². The number of nitrogens with zero attached hydrogens (tertiary/aromatic N) is 3. The van der Waals surface area contributed by atoms with E-state index in [2.05, 4.69) is 15.3 Å². The van der Waals surface area contributed by atoms with Crippen LogP contribution in [0.3, 0.4) is 0 Å². The molecule has 1 aromatic rings. The molecule has 1 aliphatic carbocycles. The van der Waals surface area contributed by atoms with Crippen molar-refractivity contribution in [3.05, 3.63) is 12.3 Å². The minimum atomic E-state index is 0.124. The van der Waals surface area contributed by atoms with Crippen molar-refractivity contribution in [3.8, 4) is 0 Å². The molecule has 1 fully saturated rings. The van der Waals surface area contributed by atoms with E-state index in [1.165, 1.54) is 0 Å². The second-order valence-electron chi connectivity index (χ2n) is 4.70. The first kappa shape index (κ1) is 13.0. The SMILES string of the molecule is CCOC1CC(N)C1Nc1ccnc(N(C)C)n1. The number of ether oxygens (including phenoxy) is 1. The van der Waals surface area contributed by atoms with Crippen molar-refractivity contribution in [1.29, 1.82) is 0 Å². The molecule has 1 heterocycles. The predicted molar refractivity (Wildman–Crippen MR) is 71.8 cm³/mol. The van der Waals surface area contributed by atoms with Gasteiger partial charge in [0, 0.05) is 32.9 Å². The zero-order chi connectivity index (χ0) is 13.1. The van der Waals surface area contributed by atoms with Crippen molar-refractivity contribution in [3.63, 3.8) is 0 Å². The molecule has 100 valence electrons. The Morgan fingerprint density at radius 1 is 1.56 bits per heavy atom. The van der Waals surface area contributed by atoms with Crippen LogP contribution in [0.4, 0.5) is 11.8 Å². The number of hydrogen-bond acceptors (Lipinski definition) is 6. The normalized spacial score (nSPS) is 26.6. The van der Waals surface area contributed by atoms with E-state index < -0.39 is 0 Å². The Labute approximate surface area is 108 Å². The van der Waals surface area contributed by atoms with Gasteiger partial charge in [0.2, 0.25) is 5.95 Å². The fraction of sp³-hybridized carbons (Fsp3) is 0.667. The van der Waals surface area contributed by atoms with Crippen LogP contribution >= 0.6 is 0 Å². The monoisotopic (exact) mass is 251 g/mol. The molecule has 6 nitrogen and oxygen atoms in total. The third kappa shape index (κ3) is 2.70. The van der Waals surface area contributed by atoms with Gasteiger partial charge in [-0.25, -0.2) is 4.98 Å². The van der Waals surface area contributed by atoms with Gasteiger partial charge in [-0.1, -0.05) is 0 Å². The van der Waals surface area contributed by atoms with Crippen molar-refractivity contribution in [2.45, 2.75) is 31.5 Å². The molecule has 1 saturated carbocycles. The van der Waals surface area contributed by atoms with Crippen molar-refractivity contribution in [1.82, 2.24) is 9.97 Å². The summed E-state index contributed by atoms with van der Waals surface area (Å²) in [4.78, 5) is 10.5. The van der Waals surface area contributed by atoms with Crippen LogP contribution in [0.15, 0.2) is 12.3 Å². The van der Waals surface area contributed by atoms with Crippen LogP contribution in [-0.2, 0) is 4.74 Å². The first-order valence-electron chi connectivity index (χ1n) is 6.26. The number of nitrogens with two attached hydrogens (primary N) is 1. The van der Waals surface area contributed by atoms with Crippen LogP contribution in [0.1, 0.15) is 13.3 Å². The fourth-order valence-corrected chi connectivity index (χ4v) is 2.04. The Morgan fingerprint density at radius 3 is 2.94 bits per heavy atom. The zero-order valence-electron chi connectivity index (χ0n) is 11.1. The molecule has 0 spiro atoms.